The molecule has 0 heterocycles. The molecule has 26 heavy (non-hydrogen) atoms. The van der Waals surface area contributed by atoms with Crippen LogP contribution in [-0.2, 0) is 22.7 Å². The summed E-state index contributed by atoms with van der Waals surface area (Å²) in [6, 6.07) is 9.42. The van der Waals surface area contributed by atoms with Crippen molar-refractivity contribution in [3.63, 3.8) is 0 Å². The van der Waals surface area contributed by atoms with E-state index in [4.69, 9.17) is 11.6 Å². The van der Waals surface area contributed by atoms with Gasteiger partial charge in [0.25, 0.3) is 0 Å². The molecule has 0 bridgehead atoms. The Morgan fingerprint density at radius 1 is 1.00 bits per heavy atom. The lowest BCUT2D eigenvalue weighted by Gasteiger charge is -2.20. The van der Waals surface area contributed by atoms with E-state index >= 15 is 0 Å². The first-order valence-corrected chi connectivity index (χ1v) is 9.34. The van der Waals surface area contributed by atoms with Crippen LogP contribution in [0.1, 0.15) is 11.1 Å². The van der Waals surface area contributed by atoms with Crippen LogP contribution in [0, 0.1) is 0 Å². The van der Waals surface area contributed by atoms with Gasteiger partial charge in [-0.1, -0.05) is 23.7 Å². The first-order chi connectivity index (χ1) is 11.9. The minimum absolute atomic E-state index is 0.00260. The van der Waals surface area contributed by atoms with Crippen molar-refractivity contribution in [3.05, 3.63) is 58.6 Å². The number of anilines is 1. The molecule has 0 aliphatic rings. The lowest BCUT2D eigenvalue weighted by atomic mass is 10.2. The predicted molar refractivity (Wildman–Crippen MR) is 95.9 cm³/mol. The van der Waals surface area contributed by atoms with E-state index in [1.54, 1.807) is 12.1 Å². The lowest BCUT2D eigenvalue weighted by molar-refractivity contribution is -0.137. The minimum atomic E-state index is -4.66. The van der Waals surface area contributed by atoms with E-state index in [1.807, 2.05) is 31.1 Å². The van der Waals surface area contributed by atoms with Gasteiger partial charge in [-0.2, -0.15) is 17.5 Å². The number of alkyl halides is 3. The second kappa shape index (κ2) is 7.46. The van der Waals surface area contributed by atoms with Crippen LogP contribution < -0.4 is 4.90 Å². The maximum atomic E-state index is 12.9. The highest BCUT2D eigenvalue weighted by Gasteiger charge is 2.33. The van der Waals surface area contributed by atoms with Crippen LogP contribution in [-0.4, -0.2) is 33.9 Å². The first-order valence-electron chi connectivity index (χ1n) is 7.52. The summed E-state index contributed by atoms with van der Waals surface area (Å²) in [5.74, 6) is 0. The fourth-order valence-electron chi connectivity index (χ4n) is 2.29. The van der Waals surface area contributed by atoms with Crippen molar-refractivity contribution in [2.24, 2.45) is 0 Å². The Labute approximate surface area is 155 Å². The number of hydrogen-bond acceptors (Lipinski definition) is 3. The van der Waals surface area contributed by atoms with Crippen LogP contribution in [0.15, 0.2) is 47.4 Å². The zero-order valence-electron chi connectivity index (χ0n) is 14.4. The van der Waals surface area contributed by atoms with Gasteiger partial charge in [0.05, 0.1) is 10.6 Å². The molecular formula is C17H18ClF3N2O2S. The highest BCUT2D eigenvalue weighted by Crippen LogP contribution is 2.34. The first kappa shape index (κ1) is 20.5. The zero-order chi connectivity index (χ0) is 19.7. The molecule has 0 atom stereocenters. The van der Waals surface area contributed by atoms with Gasteiger partial charge in [0.15, 0.2) is 0 Å². The average Bonchev–Trinajstić information content (AvgIpc) is 2.54. The fraction of sp³-hybridized carbons (Fsp3) is 0.294. The van der Waals surface area contributed by atoms with E-state index in [0.29, 0.717) is 11.6 Å². The molecule has 2 aromatic rings. The van der Waals surface area contributed by atoms with Crippen LogP contribution in [0.25, 0.3) is 0 Å². The second-order valence-electron chi connectivity index (χ2n) is 5.96. The number of rotatable bonds is 5. The molecule has 4 nitrogen and oxygen atoms in total. The predicted octanol–water partition coefficient (Wildman–Crippen LogP) is 4.25. The van der Waals surface area contributed by atoms with Gasteiger partial charge in [0.2, 0.25) is 10.0 Å². The Bertz CT molecular complexity index is 882. The van der Waals surface area contributed by atoms with Crippen molar-refractivity contribution in [3.8, 4) is 0 Å². The van der Waals surface area contributed by atoms with Crippen molar-refractivity contribution < 1.29 is 21.6 Å². The number of benzene rings is 2. The summed E-state index contributed by atoms with van der Waals surface area (Å²) in [5.41, 5.74) is 0.578. The van der Waals surface area contributed by atoms with E-state index in [-0.39, 0.29) is 11.6 Å². The second-order valence-corrected chi connectivity index (χ2v) is 8.39. The number of sulfonamides is 1. The van der Waals surface area contributed by atoms with E-state index in [2.05, 4.69) is 0 Å². The van der Waals surface area contributed by atoms with Gasteiger partial charge in [-0.25, -0.2) is 8.42 Å². The molecular weight excluding hydrogens is 389 g/mol. The number of halogens is 4. The third kappa shape index (κ3) is 4.49. The molecule has 0 aliphatic carbocycles. The van der Waals surface area contributed by atoms with Crippen LogP contribution in [0.4, 0.5) is 18.9 Å². The largest absolute Gasteiger partial charge is 0.416 e. The van der Waals surface area contributed by atoms with Gasteiger partial charge in [-0.3, -0.25) is 0 Å². The summed E-state index contributed by atoms with van der Waals surface area (Å²) in [4.78, 5) is 1.33. The van der Waals surface area contributed by atoms with E-state index in [1.165, 1.54) is 7.05 Å². The van der Waals surface area contributed by atoms with Gasteiger partial charge in [-0.15, -0.1) is 0 Å². The van der Waals surface area contributed by atoms with Crippen LogP contribution >= 0.6 is 11.6 Å². The smallest absolute Gasteiger partial charge is 0.378 e. The third-order valence-electron chi connectivity index (χ3n) is 3.80. The van der Waals surface area contributed by atoms with Crippen molar-refractivity contribution in [1.29, 1.82) is 0 Å². The molecule has 0 fully saturated rings. The van der Waals surface area contributed by atoms with Crippen LogP contribution in [0.2, 0.25) is 5.02 Å². The molecule has 9 heteroatoms. The van der Waals surface area contributed by atoms with Crippen LogP contribution in [0.5, 0.6) is 0 Å². The fourth-order valence-corrected chi connectivity index (χ4v) is 3.94. The van der Waals surface area contributed by atoms with Crippen molar-refractivity contribution in [1.82, 2.24) is 4.31 Å². The molecule has 142 valence electrons. The SMILES string of the molecule is CN(C)c1ccc(CN(C)S(=O)(=O)c2cc(C(F)(F)F)ccc2Cl)cc1. The topological polar surface area (TPSA) is 40.6 Å². The van der Waals surface area contributed by atoms with Gasteiger partial charge in [0.1, 0.15) is 4.90 Å². The zero-order valence-corrected chi connectivity index (χ0v) is 16.0. The highest BCUT2D eigenvalue weighted by atomic mass is 35.5. The van der Waals surface area contributed by atoms with E-state index < -0.39 is 26.7 Å². The molecule has 0 unspecified atom stereocenters. The maximum absolute atomic E-state index is 12.9. The Hall–Kier alpha value is -1.77. The van der Waals surface area contributed by atoms with Crippen molar-refractivity contribution in [2.75, 3.05) is 26.0 Å². The van der Waals surface area contributed by atoms with Gasteiger partial charge < -0.3 is 4.90 Å². The summed E-state index contributed by atoms with van der Waals surface area (Å²) in [6.07, 6.45) is -4.66. The van der Waals surface area contributed by atoms with Crippen LogP contribution in [0.3, 0.4) is 0 Å². The number of nitrogens with zero attached hydrogens (tertiary/aromatic N) is 2. The Balaban J connectivity index is 2.32. The van der Waals surface area contributed by atoms with Gasteiger partial charge in [0, 0.05) is 33.4 Å². The van der Waals surface area contributed by atoms with Gasteiger partial charge >= 0.3 is 6.18 Å². The Morgan fingerprint density at radius 2 is 1.58 bits per heavy atom. The summed E-state index contributed by atoms with van der Waals surface area (Å²) in [6.45, 7) is 0.00260. The highest BCUT2D eigenvalue weighted by molar-refractivity contribution is 7.89. The molecule has 0 aliphatic heterocycles. The van der Waals surface area contributed by atoms with Gasteiger partial charge in [-0.05, 0) is 35.9 Å². The van der Waals surface area contributed by atoms with Crippen molar-refractivity contribution >= 4 is 27.3 Å². The monoisotopic (exact) mass is 406 g/mol. The molecule has 0 radical (unpaired) electrons. The molecule has 0 saturated carbocycles. The summed E-state index contributed by atoms with van der Waals surface area (Å²) >= 11 is 5.85. The molecule has 0 spiro atoms. The quantitative estimate of drug-likeness (QED) is 0.745. The maximum Gasteiger partial charge on any atom is 0.416 e. The average molecular weight is 407 g/mol. The Kier molecular flexibility index (Phi) is 5.89. The van der Waals surface area contributed by atoms with Crippen molar-refractivity contribution in [2.45, 2.75) is 17.6 Å². The Morgan fingerprint density at radius 3 is 2.08 bits per heavy atom. The molecule has 0 saturated heterocycles. The normalized spacial score (nSPS) is 12.5. The summed E-state index contributed by atoms with van der Waals surface area (Å²) < 4.78 is 65.0. The van der Waals surface area contributed by atoms with E-state index in [0.717, 1.165) is 22.1 Å². The number of hydrogen-bond donors (Lipinski definition) is 0. The molecule has 0 N–H and O–H groups in total. The summed E-state index contributed by atoms with van der Waals surface area (Å²) in [7, 11) is 0.864. The summed E-state index contributed by atoms with van der Waals surface area (Å²) in [5, 5.41) is -0.257. The third-order valence-corrected chi connectivity index (χ3v) is 6.09. The molecule has 0 aromatic heterocycles. The van der Waals surface area contributed by atoms with E-state index in [9.17, 15) is 21.6 Å². The molecule has 0 amide bonds. The minimum Gasteiger partial charge on any atom is -0.378 e. The lowest BCUT2D eigenvalue weighted by Crippen LogP contribution is -2.27. The molecule has 2 rings (SSSR count). The molecule has 2 aromatic carbocycles. The standard InChI is InChI=1S/C17H18ClF3N2O2S/c1-22(2)14-7-4-12(5-8-14)11-23(3)26(24,25)16-10-13(17(19,20)21)6-9-15(16)18/h4-10H,11H2,1-3H3.